The number of nitrogens with zero attached hydrogens (tertiary/aromatic N) is 5. The van der Waals surface area contributed by atoms with E-state index in [-0.39, 0.29) is 18.1 Å². The van der Waals surface area contributed by atoms with Crippen LogP contribution in [-0.2, 0) is 11.3 Å². The number of halogens is 3. The molecule has 41 heavy (non-hydrogen) atoms. The number of fused-ring (bicyclic) bond motifs is 1. The second-order valence-electron chi connectivity index (χ2n) is 8.78. The summed E-state index contributed by atoms with van der Waals surface area (Å²) in [5.41, 5.74) is 9.65. The summed E-state index contributed by atoms with van der Waals surface area (Å²) in [5, 5.41) is 11.4. The fraction of sp³-hybridized carbons (Fsp3) is 0.185. The SMILES string of the molecule is CC(N=CC(=CN)c1cnn2c(-c3cccc(NC(=O)NCC(F)(F)F)c3)cnc2c1)C(=O)NCc1ccccn1. The lowest BCUT2D eigenvalue weighted by Gasteiger charge is -2.10. The van der Waals surface area contributed by atoms with Crippen molar-refractivity contribution < 1.29 is 22.8 Å². The zero-order chi connectivity index (χ0) is 29.4. The Morgan fingerprint density at radius 3 is 2.66 bits per heavy atom. The monoisotopic (exact) mass is 565 g/mol. The van der Waals surface area contributed by atoms with Crippen molar-refractivity contribution in [2.24, 2.45) is 10.7 Å². The number of carbonyl (C=O) groups excluding carboxylic acids is 2. The lowest BCUT2D eigenvalue weighted by molar-refractivity contribution is -0.123. The molecule has 0 fully saturated rings. The predicted octanol–water partition coefficient (Wildman–Crippen LogP) is 3.55. The minimum atomic E-state index is -4.52. The highest BCUT2D eigenvalue weighted by molar-refractivity contribution is 6.10. The maximum atomic E-state index is 12.4. The van der Waals surface area contributed by atoms with E-state index in [2.05, 4.69) is 30.7 Å². The first-order valence-electron chi connectivity index (χ1n) is 12.3. The van der Waals surface area contributed by atoms with Crippen LogP contribution in [0.15, 0.2) is 78.3 Å². The zero-order valence-electron chi connectivity index (χ0n) is 21.8. The van der Waals surface area contributed by atoms with E-state index in [0.29, 0.717) is 28.0 Å². The van der Waals surface area contributed by atoms with Gasteiger partial charge < -0.3 is 21.7 Å². The Morgan fingerprint density at radius 2 is 1.93 bits per heavy atom. The van der Waals surface area contributed by atoms with Gasteiger partial charge in [0.15, 0.2) is 5.65 Å². The molecule has 4 rings (SSSR count). The van der Waals surface area contributed by atoms with E-state index >= 15 is 0 Å². The normalized spacial score (nSPS) is 12.8. The van der Waals surface area contributed by atoms with Crippen LogP contribution in [-0.4, -0.2) is 56.5 Å². The van der Waals surface area contributed by atoms with E-state index in [4.69, 9.17) is 5.73 Å². The van der Waals surface area contributed by atoms with Crippen LogP contribution >= 0.6 is 0 Å². The van der Waals surface area contributed by atoms with Gasteiger partial charge in [-0.15, -0.1) is 0 Å². The van der Waals surface area contributed by atoms with Gasteiger partial charge in [-0.2, -0.15) is 18.3 Å². The molecule has 3 aromatic heterocycles. The quantitative estimate of drug-likeness (QED) is 0.228. The van der Waals surface area contributed by atoms with Gasteiger partial charge in [-0.3, -0.25) is 14.8 Å². The number of alkyl halides is 3. The summed E-state index contributed by atoms with van der Waals surface area (Å²) in [7, 11) is 0. The lowest BCUT2D eigenvalue weighted by Crippen LogP contribution is -2.36. The van der Waals surface area contributed by atoms with Gasteiger partial charge in [-0.25, -0.2) is 14.3 Å². The number of hydrogen-bond donors (Lipinski definition) is 4. The Hall–Kier alpha value is -5.27. The molecule has 0 aliphatic carbocycles. The highest BCUT2D eigenvalue weighted by Crippen LogP contribution is 2.24. The number of carbonyl (C=O) groups is 2. The molecular weight excluding hydrogens is 539 g/mol. The van der Waals surface area contributed by atoms with Crippen LogP contribution in [0.4, 0.5) is 23.7 Å². The molecule has 212 valence electrons. The number of nitrogens with one attached hydrogen (secondary N) is 3. The smallest absolute Gasteiger partial charge is 0.404 e. The molecule has 11 nitrogen and oxygen atoms in total. The molecule has 1 unspecified atom stereocenters. The van der Waals surface area contributed by atoms with Gasteiger partial charge in [0.05, 0.1) is 30.3 Å². The van der Waals surface area contributed by atoms with Gasteiger partial charge >= 0.3 is 12.2 Å². The van der Waals surface area contributed by atoms with E-state index in [0.717, 1.165) is 5.69 Å². The molecule has 1 atom stereocenters. The number of benzene rings is 1. The molecule has 0 aliphatic rings. The lowest BCUT2D eigenvalue weighted by atomic mass is 10.1. The molecule has 0 saturated carbocycles. The maximum absolute atomic E-state index is 12.4. The molecule has 3 amide bonds. The summed E-state index contributed by atoms with van der Waals surface area (Å²) < 4.78 is 38.6. The van der Waals surface area contributed by atoms with Crippen molar-refractivity contribution in [3.8, 4) is 11.3 Å². The van der Waals surface area contributed by atoms with Crippen LogP contribution in [0, 0.1) is 0 Å². The van der Waals surface area contributed by atoms with E-state index in [9.17, 15) is 22.8 Å². The van der Waals surface area contributed by atoms with Gasteiger partial charge in [-0.1, -0.05) is 18.2 Å². The maximum Gasteiger partial charge on any atom is 0.405 e. The van der Waals surface area contributed by atoms with Gasteiger partial charge in [0.25, 0.3) is 0 Å². The topological polar surface area (TPSA) is 152 Å². The van der Waals surface area contributed by atoms with Gasteiger partial charge in [0.2, 0.25) is 5.91 Å². The van der Waals surface area contributed by atoms with Crippen LogP contribution in [0.5, 0.6) is 0 Å². The summed E-state index contributed by atoms with van der Waals surface area (Å²) in [6.45, 7) is 0.496. The molecule has 0 spiro atoms. The number of amides is 3. The third-order valence-corrected chi connectivity index (χ3v) is 5.73. The molecule has 5 N–H and O–H groups in total. The van der Waals surface area contributed by atoms with E-state index in [1.807, 2.05) is 12.1 Å². The minimum Gasteiger partial charge on any atom is -0.404 e. The Balaban J connectivity index is 1.44. The zero-order valence-corrected chi connectivity index (χ0v) is 21.8. The second-order valence-corrected chi connectivity index (χ2v) is 8.78. The predicted molar refractivity (Wildman–Crippen MR) is 148 cm³/mol. The Kier molecular flexibility index (Phi) is 8.92. The molecular formula is C27H26F3N9O2. The van der Waals surface area contributed by atoms with Crippen LogP contribution in [0.3, 0.4) is 0 Å². The highest BCUT2D eigenvalue weighted by atomic mass is 19.4. The van der Waals surface area contributed by atoms with Gasteiger partial charge in [0.1, 0.15) is 12.6 Å². The van der Waals surface area contributed by atoms with Gasteiger partial charge in [-0.05, 0) is 37.3 Å². The first kappa shape index (κ1) is 28.7. The fourth-order valence-corrected chi connectivity index (χ4v) is 3.64. The summed E-state index contributed by atoms with van der Waals surface area (Å²) in [6, 6.07) is 12.0. The molecule has 0 bridgehead atoms. The second kappa shape index (κ2) is 12.7. The molecule has 4 aromatic rings. The minimum absolute atomic E-state index is 0.274. The van der Waals surface area contributed by atoms with Crippen molar-refractivity contribution in [3.63, 3.8) is 0 Å². The van der Waals surface area contributed by atoms with Crippen molar-refractivity contribution in [3.05, 3.63) is 84.6 Å². The Morgan fingerprint density at radius 1 is 1.10 bits per heavy atom. The third-order valence-electron chi connectivity index (χ3n) is 5.73. The molecule has 0 radical (unpaired) electrons. The Labute approximate surface area is 232 Å². The van der Waals surface area contributed by atoms with Crippen LogP contribution in [0.2, 0.25) is 0 Å². The highest BCUT2D eigenvalue weighted by Gasteiger charge is 2.27. The number of aromatic nitrogens is 4. The average Bonchev–Trinajstić information content (AvgIpc) is 3.39. The molecule has 0 saturated heterocycles. The van der Waals surface area contributed by atoms with Crippen molar-refractivity contribution in [2.45, 2.75) is 25.7 Å². The average molecular weight is 566 g/mol. The summed E-state index contributed by atoms with van der Waals surface area (Å²) in [4.78, 5) is 37.1. The standard InChI is InChI=1S/C27H26F3N9O2/c1-17(25(40)35-14-22-6-2-3-8-32-22)33-12-20(11-31)19-10-24-34-15-23(39(24)37-13-19)18-5-4-7-21(9-18)38-26(41)36-16-27(28,29)30/h2-13,15,17H,14,16,31H2,1H3,(H,35,40)(H2,36,38,41). The largest absolute Gasteiger partial charge is 0.405 e. The summed E-state index contributed by atoms with van der Waals surface area (Å²) in [5.74, 6) is -0.274. The molecule has 0 aliphatic heterocycles. The van der Waals surface area contributed by atoms with Crippen molar-refractivity contribution >= 4 is 35.1 Å². The Bertz CT molecular complexity index is 1580. The summed E-state index contributed by atoms with van der Waals surface area (Å²) in [6.07, 6.45) is 3.10. The number of rotatable bonds is 9. The molecule has 3 heterocycles. The van der Waals surface area contributed by atoms with Crippen molar-refractivity contribution in [2.75, 3.05) is 11.9 Å². The number of imidazole rings is 1. The van der Waals surface area contributed by atoms with E-state index < -0.39 is 24.8 Å². The van der Waals surface area contributed by atoms with Crippen LogP contribution in [0.25, 0.3) is 22.5 Å². The van der Waals surface area contributed by atoms with E-state index in [1.54, 1.807) is 71.7 Å². The number of allylic oxidation sites excluding steroid dienone is 1. The molecule has 1 aromatic carbocycles. The first-order valence-corrected chi connectivity index (χ1v) is 12.3. The first-order chi connectivity index (χ1) is 19.6. The number of nitrogens with two attached hydrogens (primary N) is 1. The number of aliphatic imine (C=N–C) groups is 1. The fourth-order valence-electron chi connectivity index (χ4n) is 3.64. The van der Waals surface area contributed by atoms with Crippen molar-refractivity contribution in [1.29, 1.82) is 0 Å². The number of hydrogen-bond acceptors (Lipinski definition) is 7. The van der Waals surface area contributed by atoms with Crippen molar-refractivity contribution in [1.82, 2.24) is 30.2 Å². The summed E-state index contributed by atoms with van der Waals surface area (Å²) >= 11 is 0. The number of urea groups is 1. The van der Waals surface area contributed by atoms with Crippen LogP contribution < -0.4 is 21.7 Å². The van der Waals surface area contributed by atoms with Gasteiger partial charge in [0, 0.05) is 41.0 Å². The number of pyridine rings is 1. The number of anilines is 1. The van der Waals surface area contributed by atoms with E-state index in [1.165, 1.54) is 12.4 Å². The third kappa shape index (κ3) is 7.88. The molecule has 14 heteroatoms. The van der Waals surface area contributed by atoms with Crippen LogP contribution in [0.1, 0.15) is 18.2 Å².